The molecule has 2 heterocycles. The Morgan fingerprint density at radius 3 is 2.22 bits per heavy atom. The molecule has 0 radical (unpaired) electrons. The molecule has 0 unspecified atom stereocenters. The Balaban J connectivity index is 1.59. The van der Waals surface area contributed by atoms with Crippen LogP contribution >= 0.6 is 0 Å². The number of phenolic OH excluding ortho intramolecular Hbond substituents is 2. The van der Waals surface area contributed by atoms with Crippen LogP contribution in [-0.4, -0.2) is 133 Å². The Kier molecular flexibility index (Phi) is 21.3. The van der Waals surface area contributed by atoms with Gasteiger partial charge in [-0.25, -0.2) is 13.1 Å². The third kappa shape index (κ3) is 15.9. The van der Waals surface area contributed by atoms with E-state index >= 15 is 0 Å². The number of benzene rings is 2. The number of fused-ring (bicyclic) bond motifs is 5. The fourth-order valence-electron chi connectivity index (χ4n) is 8.56. The van der Waals surface area contributed by atoms with Crippen LogP contribution in [0.15, 0.2) is 36.4 Å². The number of likely N-dealkylation sites (tertiary alicyclic amines) is 1. The summed E-state index contributed by atoms with van der Waals surface area (Å²) < 4.78 is 29.5. The number of unbranched alkanes of at least 4 members (excludes halogenated alkanes) is 8. The predicted molar refractivity (Wildman–Crippen MR) is 255 cm³/mol. The molecule has 20 heteroatoms. The fraction of sp³-hybridized carbons (Fsp3) is 0.617. The number of primary amides is 1. The van der Waals surface area contributed by atoms with Crippen molar-refractivity contribution in [2.24, 2.45) is 11.5 Å². The van der Waals surface area contributed by atoms with Gasteiger partial charge < -0.3 is 52.7 Å². The second kappa shape index (κ2) is 26.3. The first-order chi connectivity index (χ1) is 31.9. The zero-order valence-corrected chi connectivity index (χ0v) is 40.3. The molecule has 2 aliphatic heterocycles. The van der Waals surface area contributed by atoms with Gasteiger partial charge in [0.25, 0.3) is 0 Å². The first-order valence-corrected chi connectivity index (χ1v) is 25.4. The standard InChI is InChI=1S/C47H73N9O10S/c1-5-6-7-8-9-10-11-14-23-50-24-26-67(65,66)54-36(16-12-13-22-48)47(64)55(4)41-33-19-21-40(58)35(29-33)34-27-32(18-20-39(34)57)28-37(53-43(60)30(2)51-45(41)62)44(61)52-31(3)46(63)56-25-15-17-38(56)42(49)59/h18-21,27,29-31,36-38,41,50,54,57-58H,5-17,22-26,28,48H2,1-4H3,(H2,49,59)(H,51,62)(H,52,61)(H,53,60)/t30-,31-,36-,37-,38-,41-/m0/s1. The Hall–Kier alpha value is -5.31. The number of hydrogen-bond donors (Lipinski definition) is 9. The maximum atomic E-state index is 14.5. The maximum absolute atomic E-state index is 14.5. The molecule has 0 spiro atoms. The highest BCUT2D eigenvalue weighted by molar-refractivity contribution is 7.89. The molecule has 19 nitrogen and oxygen atoms in total. The van der Waals surface area contributed by atoms with Crippen molar-refractivity contribution in [1.29, 1.82) is 0 Å². The summed E-state index contributed by atoms with van der Waals surface area (Å²) in [7, 11) is -2.68. The van der Waals surface area contributed by atoms with E-state index in [9.17, 15) is 47.4 Å². The molecule has 6 amide bonds. The molecular weight excluding hydrogens is 883 g/mol. The van der Waals surface area contributed by atoms with Crippen molar-refractivity contribution in [2.75, 3.05) is 39.0 Å². The topological polar surface area (TPSA) is 296 Å². The van der Waals surface area contributed by atoms with Gasteiger partial charge in [0.1, 0.15) is 47.8 Å². The molecule has 1 fully saturated rings. The molecule has 6 atom stereocenters. The van der Waals surface area contributed by atoms with Gasteiger partial charge in [-0.05, 0) is 94.4 Å². The summed E-state index contributed by atoms with van der Waals surface area (Å²) in [5, 5.41) is 33.4. The molecule has 372 valence electrons. The summed E-state index contributed by atoms with van der Waals surface area (Å²) in [5.74, 6) is -5.22. The molecule has 11 N–H and O–H groups in total. The number of nitrogens with one attached hydrogen (secondary N) is 5. The van der Waals surface area contributed by atoms with Gasteiger partial charge in [0, 0.05) is 37.7 Å². The number of rotatable bonds is 24. The van der Waals surface area contributed by atoms with Crippen molar-refractivity contribution >= 4 is 45.5 Å². The van der Waals surface area contributed by atoms with E-state index < -0.39 is 81.7 Å². The summed E-state index contributed by atoms with van der Waals surface area (Å²) in [5.41, 5.74) is 12.0. The lowest BCUT2D eigenvalue weighted by molar-refractivity contribution is -0.141. The van der Waals surface area contributed by atoms with E-state index in [0.29, 0.717) is 44.3 Å². The van der Waals surface area contributed by atoms with Crippen LogP contribution < -0.4 is 37.5 Å². The molecule has 2 aliphatic rings. The van der Waals surface area contributed by atoms with E-state index in [1.54, 1.807) is 0 Å². The van der Waals surface area contributed by atoms with Gasteiger partial charge in [-0.3, -0.25) is 28.8 Å². The van der Waals surface area contributed by atoms with Crippen LogP contribution in [0.3, 0.4) is 0 Å². The van der Waals surface area contributed by atoms with Crippen LogP contribution in [0, 0.1) is 0 Å². The zero-order valence-electron chi connectivity index (χ0n) is 39.5. The second-order valence-electron chi connectivity index (χ2n) is 17.8. The number of hydrogen-bond acceptors (Lipinski definition) is 12. The number of likely N-dealkylation sites (N-methyl/N-ethyl adjacent to an activating group) is 1. The monoisotopic (exact) mass is 956 g/mol. The van der Waals surface area contributed by atoms with Crippen LogP contribution in [-0.2, 0) is 45.2 Å². The van der Waals surface area contributed by atoms with Crippen molar-refractivity contribution in [3.63, 3.8) is 0 Å². The molecule has 0 aliphatic carbocycles. The molecular formula is C47H73N9O10S. The number of amides is 6. The van der Waals surface area contributed by atoms with Crippen molar-refractivity contribution in [1.82, 2.24) is 35.8 Å². The van der Waals surface area contributed by atoms with Crippen LogP contribution in [0.4, 0.5) is 0 Å². The minimum Gasteiger partial charge on any atom is -0.507 e. The van der Waals surface area contributed by atoms with E-state index in [4.69, 9.17) is 11.5 Å². The molecule has 0 saturated carbocycles. The van der Waals surface area contributed by atoms with E-state index in [0.717, 1.165) is 24.2 Å². The van der Waals surface area contributed by atoms with Crippen molar-refractivity contribution in [2.45, 2.75) is 147 Å². The van der Waals surface area contributed by atoms with Gasteiger partial charge in [0.2, 0.25) is 45.5 Å². The van der Waals surface area contributed by atoms with Crippen molar-refractivity contribution in [3.8, 4) is 22.6 Å². The molecule has 4 bridgehead atoms. The number of carbonyl (C=O) groups is 6. The Labute approximate surface area is 395 Å². The van der Waals surface area contributed by atoms with E-state index in [1.807, 2.05) is 0 Å². The third-order valence-corrected chi connectivity index (χ3v) is 13.8. The van der Waals surface area contributed by atoms with Gasteiger partial charge in [-0.15, -0.1) is 0 Å². The first-order valence-electron chi connectivity index (χ1n) is 23.7. The highest BCUT2D eigenvalue weighted by atomic mass is 32.2. The maximum Gasteiger partial charge on any atom is 0.248 e. The lowest BCUT2D eigenvalue weighted by Gasteiger charge is -2.32. The van der Waals surface area contributed by atoms with Crippen molar-refractivity contribution < 1.29 is 47.4 Å². The molecule has 0 aromatic heterocycles. The summed E-state index contributed by atoms with van der Waals surface area (Å²) in [4.78, 5) is 84.5. The minimum atomic E-state index is -4.01. The van der Waals surface area contributed by atoms with E-state index in [1.165, 1.54) is 94.3 Å². The van der Waals surface area contributed by atoms with Crippen molar-refractivity contribution in [3.05, 3.63) is 47.5 Å². The largest absolute Gasteiger partial charge is 0.507 e. The second-order valence-corrected chi connectivity index (χ2v) is 19.7. The Bertz CT molecular complexity index is 2140. The van der Waals surface area contributed by atoms with Crippen LogP contribution in [0.2, 0.25) is 0 Å². The van der Waals surface area contributed by atoms with Crippen LogP contribution in [0.25, 0.3) is 11.1 Å². The number of nitrogens with two attached hydrogens (primary N) is 2. The summed E-state index contributed by atoms with van der Waals surface area (Å²) in [6.45, 7) is 6.41. The lowest BCUT2D eigenvalue weighted by atomic mass is 9.93. The average Bonchev–Trinajstić information content (AvgIpc) is 3.79. The average molecular weight is 956 g/mol. The van der Waals surface area contributed by atoms with Gasteiger partial charge in [0.05, 0.1) is 5.75 Å². The highest BCUT2D eigenvalue weighted by Gasteiger charge is 2.38. The Morgan fingerprint density at radius 2 is 1.55 bits per heavy atom. The number of carbonyl (C=O) groups excluding carboxylic acids is 6. The molecule has 67 heavy (non-hydrogen) atoms. The summed E-state index contributed by atoms with van der Waals surface area (Å²) >= 11 is 0. The fourth-order valence-corrected chi connectivity index (χ4v) is 9.74. The number of sulfonamides is 1. The number of nitrogens with zero attached hydrogens (tertiary/aromatic N) is 2. The first kappa shape index (κ1) is 54.3. The number of aromatic hydroxyl groups is 2. The lowest BCUT2D eigenvalue weighted by Crippen LogP contribution is -2.58. The normalized spacial score (nSPS) is 19.7. The zero-order chi connectivity index (χ0) is 49.3. The van der Waals surface area contributed by atoms with Gasteiger partial charge in [-0.1, -0.05) is 70.4 Å². The van der Waals surface area contributed by atoms with Gasteiger partial charge in [-0.2, -0.15) is 0 Å². The molecule has 4 rings (SSSR count). The quantitative estimate of drug-likeness (QED) is 0.0683. The highest BCUT2D eigenvalue weighted by Crippen LogP contribution is 2.39. The number of phenols is 2. The summed E-state index contributed by atoms with van der Waals surface area (Å²) in [6.07, 6.45) is 10.9. The molecule has 2 aromatic rings. The smallest absolute Gasteiger partial charge is 0.248 e. The third-order valence-electron chi connectivity index (χ3n) is 12.4. The summed E-state index contributed by atoms with van der Waals surface area (Å²) in [6, 6.07) is 1.09. The van der Waals surface area contributed by atoms with Crippen LogP contribution in [0.1, 0.15) is 121 Å². The van der Waals surface area contributed by atoms with E-state index in [2.05, 4.69) is 32.9 Å². The van der Waals surface area contributed by atoms with Gasteiger partial charge >= 0.3 is 0 Å². The van der Waals surface area contributed by atoms with Gasteiger partial charge in [0.15, 0.2) is 0 Å². The minimum absolute atomic E-state index is 0.0668. The SMILES string of the molecule is CCCCCCCCCCNCCS(=O)(=O)N[C@@H](CCCCN)C(=O)N(C)[C@@H]1C(=O)N[C@@H](C)C(=O)N[C@H](C(=O)N[C@@H](C)C(=O)N2CCC[C@H]2C(N)=O)Cc2ccc(O)c(c2)-c2cc1ccc2O. The predicted octanol–water partition coefficient (Wildman–Crippen LogP) is 1.94. The Morgan fingerprint density at radius 1 is 0.896 bits per heavy atom. The molecule has 1 saturated heterocycles. The molecule has 2 aromatic carbocycles. The van der Waals surface area contributed by atoms with Crippen LogP contribution in [0.5, 0.6) is 11.5 Å². The van der Waals surface area contributed by atoms with E-state index in [-0.39, 0.29) is 59.9 Å².